The summed E-state index contributed by atoms with van der Waals surface area (Å²) in [5, 5.41) is 0. The molecular weight excluding hydrogens is 266 g/mol. The van der Waals surface area contributed by atoms with Crippen LogP contribution in [0.5, 0.6) is 0 Å². The Morgan fingerprint density at radius 2 is 2.10 bits per heavy atom. The fourth-order valence-electron chi connectivity index (χ4n) is 2.49. The highest BCUT2D eigenvalue weighted by molar-refractivity contribution is 5.87. The predicted octanol–water partition coefficient (Wildman–Crippen LogP) is 2.67. The SMILES string of the molecule is CC(OC(=O)c1cnc(C2(N)CCC2)[nH]1)c1ccccc1. The minimum absolute atomic E-state index is 0.305. The Kier molecular flexibility index (Phi) is 3.51. The molecule has 1 aliphatic carbocycles. The summed E-state index contributed by atoms with van der Waals surface area (Å²) in [7, 11) is 0. The van der Waals surface area contributed by atoms with Gasteiger partial charge in [-0.25, -0.2) is 9.78 Å². The van der Waals surface area contributed by atoms with E-state index in [9.17, 15) is 4.79 Å². The first-order chi connectivity index (χ1) is 10.1. The van der Waals surface area contributed by atoms with Crippen LogP contribution in [0.1, 0.15) is 54.2 Å². The van der Waals surface area contributed by atoms with Gasteiger partial charge in [-0.1, -0.05) is 30.3 Å². The minimum Gasteiger partial charge on any atom is -0.453 e. The second-order valence-electron chi connectivity index (χ2n) is 5.61. The summed E-state index contributed by atoms with van der Waals surface area (Å²) < 4.78 is 5.45. The lowest BCUT2D eigenvalue weighted by molar-refractivity contribution is 0.0331. The van der Waals surface area contributed by atoms with Crippen LogP contribution in [0.15, 0.2) is 36.5 Å². The number of nitrogens with one attached hydrogen (secondary N) is 1. The van der Waals surface area contributed by atoms with Crippen LogP contribution < -0.4 is 5.73 Å². The highest BCUT2D eigenvalue weighted by atomic mass is 16.5. The van der Waals surface area contributed by atoms with Gasteiger partial charge in [0.2, 0.25) is 0 Å². The third-order valence-electron chi connectivity index (χ3n) is 4.07. The number of nitrogens with two attached hydrogens (primary N) is 1. The quantitative estimate of drug-likeness (QED) is 0.846. The standard InChI is InChI=1S/C16H19N3O2/c1-11(12-6-3-2-4-7-12)21-14(20)13-10-18-15(19-13)16(17)8-5-9-16/h2-4,6-7,10-11H,5,8-9,17H2,1H3,(H,18,19). The molecule has 1 fully saturated rings. The Morgan fingerprint density at radius 1 is 1.38 bits per heavy atom. The van der Waals surface area contributed by atoms with Crippen molar-refractivity contribution in [1.82, 2.24) is 9.97 Å². The first kappa shape index (κ1) is 13.8. The van der Waals surface area contributed by atoms with Crippen LogP contribution in [0.2, 0.25) is 0 Å². The largest absolute Gasteiger partial charge is 0.453 e. The van der Waals surface area contributed by atoms with Crippen molar-refractivity contribution < 1.29 is 9.53 Å². The topological polar surface area (TPSA) is 81.0 Å². The minimum atomic E-state index is -0.409. The lowest BCUT2D eigenvalue weighted by Gasteiger charge is -2.35. The molecule has 0 spiro atoms. The van der Waals surface area contributed by atoms with Crippen molar-refractivity contribution in [1.29, 1.82) is 0 Å². The van der Waals surface area contributed by atoms with E-state index in [1.807, 2.05) is 37.3 Å². The van der Waals surface area contributed by atoms with Gasteiger partial charge in [0.15, 0.2) is 0 Å². The van der Waals surface area contributed by atoms with E-state index >= 15 is 0 Å². The lowest BCUT2D eigenvalue weighted by Crippen LogP contribution is -2.44. The molecule has 110 valence electrons. The van der Waals surface area contributed by atoms with Gasteiger partial charge in [0.1, 0.15) is 17.6 Å². The molecule has 1 unspecified atom stereocenters. The number of ether oxygens (including phenoxy) is 1. The molecule has 3 N–H and O–H groups in total. The molecule has 5 heteroatoms. The van der Waals surface area contributed by atoms with E-state index in [1.165, 1.54) is 6.20 Å². The van der Waals surface area contributed by atoms with Crippen molar-refractivity contribution in [2.24, 2.45) is 5.73 Å². The highest BCUT2D eigenvalue weighted by Gasteiger charge is 2.37. The summed E-state index contributed by atoms with van der Waals surface area (Å²) >= 11 is 0. The number of rotatable bonds is 4. The first-order valence-electron chi connectivity index (χ1n) is 7.19. The number of H-pyrrole nitrogens is 1. The number of imidazole rings is 1. The molecule has 1 atom stereocenters. The van der Waals surface area contributed by atoms with Crippen LogP contribution in [0, 0.1) is 0 Å². The second-order valence-corrected chi connectivity index (χ2v) is 5.61. The molecule has 1 aromatic carbocycles. The molecule has 0 radical (unpaired) electrons. The monoisotopic (exact) mass is 285 g/mol. The third-order valence-corrected chi connectivity index (χ3v) is 4.07. The molecule has 2 aromatic rings. The second kappa shape index (κ2) is 5.33. The smallest absolute Gasteiger partial charge is 0.357 e. The normalized spacial score (nSPS) is 17.8. The summed E-state index contributed by atoms with van der Waals surface area (Å²) in [6, 6.07) is 9.63. The number of esters is 1. The summed E-state index contributed by atoms with van der Waals surface area (Å²) in [5.74, 6) is 0.265. The van der Waals surface area contributed by atoms with E-state index in [1.54, 1.807) is 0 Å². The number of hydrogen-bond donors (Lipinski definition) is 2. The maximum Gasteiger partial charge on any atom is 0.357 e. The molecule has 1 saturated carbocycles. The fourth-order valence-corrected chi connectivity index (χ4v) is 2.49. The molecule has 1 aromatic heterocycles. The Morgan fingerprint density at radius 3 is 2.71 bits per heavy atom. The van der Waals surface area contributed by atoms with Gasteiger partial charge < -0.3 is 15.5 Å². The van der Waals surface area contributed by atoms with Crippen LogP contribution in [-0.4, -0.2) is 15.9 Å². The number of benzene rings is 1. The van der Waals surface area contributed by atoms with Gasteiger partial charge in [0.25, 0.3) is 0 Å². The zero-order valence-corrected chi connectivity index (χ0v) is 12.0. The maximum absolute atomic E-state index is 12.1. The average molecular weight is 285 g/mol. The third kappa shape index (κ3) is 2.69. The molecule has 0 amide bonds. The summed E-state index contributed by atoms with van der Waals surface area (Å²) in [5.41, 5.74) is 7.09. The number of carbonyl (C=O) groups excluding carboxylic acids is 1. The van der Waals surface area contributed by atoms with E-state index in [0.29, 0.717) is 11.5 Å². The van der Waals surface area contributed by atoms with Gasteiger partial charge >= 0.3 is 5.97 Å². The Balaban J connectivity index is 1.68. The van der Waals surface area contributed by atoms with Crippen molar-refractivity contribution in [3.63, 3.8) is 0 Å². The van der Waals surface area contributed by atoms with Gasteiger partial charge in [-0.3, -0.25) is 0 Å². The van der Waals surface area contributed by atoms with E-state index in [0.717, 1.165) is 24.8 Å². The summed E-state index contributed by atoms with van der Waals surface area (Å²) in [6.07, 6.45) is 4.09. The molecule has 0 aliphatic heterocycles. The summed E-state index contributed by atoms with van der Waals surface area (Å²) in [4.78, 5) is 19.4. The fraction of sp³-hybridized carbons (Fsp3) is 0.375. The number of aromatic amines is 1. The van der Waals surface area contributed by atoms with Crippen LogP contribution in [-0.2, 0) is 10.3 Å². The average Bonchev–Trinajstić information content (AvgIpc) is 2.96. The lowest BCUT2D eigenvalue weighted by atomic mass is 9.77. The molecule has 1 aliphatic rings. The van der Waals surface area contributed by atoms with E-state index in [2.05, 4.69) is 9.97 Å². The molecule has 0 saturated heterocycles. The van der Waals surface area contributed by atoms with Crippen molar-refractivity contribution in [2.45, 2.75) is 37.8 Å². The van der Waals surface area contributed by atoms with E-state index < -0.39 is 11.5 Å². The highest BCUT2D eigenvalue weighted by Crippen LogP contribution is 2.36. The van der Waals surface area contributed by atoms with Gasteiger partial charge in [-0.15, -0.1) is 0 Å². The number of carbonyl (C=O) groups is 1. The van der Waals surface area contributed by atoms with E-state index in [-0.39, 0.29) is 6.10 Å². The molecule has 1 heterocycles. The van der Waals surface area contributed by atoms with Gasteiger partial charge in [0.05, 0.1) is 11.7 Å². The van der Waals surface area contributed by atoms with Crippen LogP contribution in [0.4, 0.5) is 0 Å². The van der Waals surface area contributed by atoms with Crippen LogP contribution in [0.3, 0.4) is 0 Å². The van der Waals surface area contributed by atoms with Gasteiger partial charge in [-0.2, -0.15) is 0 Å². The molecular formula is C16H19N3O2. The number of hydrogen-bond acceptors (Lipinski definition) is 4. The van der Waals surface area contributed by atoms with Crippen molar-refractivity contribution in [3.8, 4) is 0 Å². The van der Waals surface area contributed by atoms with Crippen molar-refractivity contribution >= 4 is 5.97 Å². The molecule has 3 rings (SSSR count). The number of nitrogens with zero attached hydrogens (tertiary/aromatic N) is 1. The van der Waals surface area contributed by atoms with Crippen molar-refractivity contribution in [2.75, 3.05) is 0 Å². The van der Waals surface area contributed by atoms with E-state index in [4.69, 9.17) is 10.5 Å². The Bertz CT molecular complexity index is 632. The Hall–Kier alpha value is -2.14. The van der Waals surface area contributed by atoms with Crippen LogP contribution >= 0.6 is 0 Å². The van der Waals surface area contributed by atoms with Crippen LogP contribution in [0.25, 0.3) is 0 Å². The Labute approximate surface area is 123 Å². The summed E-state index contributed by atoms with van der Waals surface area (Å²) in [6.45, 7) is 1.85. The maximum atomic E-state index is 12.1. The predicted molar refractivity (Wildman–Crippen MR) is 78.6 cm³/mol. The van der Waals surface area contributed by atoms with Gasteiger partial charge in [-0.05, 0) is 31.7 Å². The number of aromatic nitrogens is 2. The zero-order valence-electron chi connectivity index (χ0n) is 12.0. The molecule has 0 bridgehead atoms. The first-order valence-corrected chi connectivity index (χ1v) is 7.19. The molecule has 21 heavy (non-hydrogen) atoms. The molecule has 5 nitrogen and oxygen atoms in total. The van der Waals surface area contributed by atoms with Gasteiger partial charge in [0, 0.05) is 0 Å². The zero-order chi connectivity index (χ0) is 14.9. The van der Waals surface area contributed by atoms with Crippen molar-refractivity contribution in [3.05, 3.63) is 53.6 Å².